The van der Waals surface area contributed by atoms with E-state index in [9.17, 15) is 4.79 Å². The van der Waals surface area contributed by atoms with E-state index in [1.54, 1.807) is 6.07 Å². The van der Waals surface area contributed by atoms with Gasteiger partial charge in [0, 0.05) is 30.7 Å². The number of nitrogens with zero attached hydrogens (tertiary/aromatic N) is 4. The van der Waals surface area contributed by atoms with E-state index in [1.165, 1.54) is 0 Å². The van der Waals surface area contributed by atoms with E-state index in [4.69, 9.17) is 11.0 Å². The van der Waals surface area contributed by atoms with E-state index < -0.39 is 6.04 Å². The fourth-order valence-electron chi connectivity index (χ4n) is 3.10. The first kappa shape index (κ1) is 17.4. The van der Waals surface area contributed by atoms with Gasteiger partial charge in [-0.2, -0.15) is 5.26 Å². The zero-order valence-corrected chi connectivity index (χ0v) is 15.2. The number of nitrogens with two attached hydrogens (primary N) is 1. The first-order chi connectivity index (χ1) is 12.1. The van der Waals surface area contributed by atoms with Crippen LogP contribution in [0, 0.1) is 11.3 Å². The van der Waals surface area contributed by atoms with E-state index in [0.29, 0.717) is 18.8 Å². The number of anilines is 1. The molecule has 0 spiro atoms. The van der Waals surface area contributed by atoms with Gasteiger partial charge in [0.25, 0.3) is 0 Å². The summed E-state index contributed by atoms with van der Waals surface area (Å²) in [7, 11) is 0. The van der Waals surface area contributed by atoms with Gasteiger partial charge in [-0.15, -0.1) is 0 Å². The van der Waals surface area contributed by atoms with Crippen molar-refractivity contribution in [1.82, 2.24) is 9.88 Å². The van der Waals surface area contributed by atoms with Crippen molar-refractivity contribution in [3.63, 3.8) is 0 Å². The molecule has 1 aromatic carbocycles. The number of hydrogen-bond donors (Lipinski definition) is 1. The average molecular weight is 400 g/mol. The van der Waals surface area contributed by atoms with Crippen LogP contribution in [0.15, 0.2) is 46.9 Å². The van der Waals surface area contributed by atoms with E-state index in [0.717, 1.165) is 28.9 Å². The molecule has 0 saturated carbocycles. The highest BCUT2D eigenvalue weighted by atomic mass is 79.9. The van der Waals surface area contributed by atoms with Crippen LogP contribution in [-0.2, 0) is 4.79 Å². The molecule has 1 unspecified atom stereocenters. The number of hydrogen-bond acceptors (Lipinski definition) is 5. The number of pyridine rings is 1. The van der Waals surface area contributed by atoms with E-state index >= 15 is 0 Å². The van der Waals surface area contributed by atoms with Crippen molar-refractivity contribution >= 4 is 27.7 Å². The third kappa shape index (κ3) is 3.98. The van der Waals surface area contributed by atoms with Crippen molar-refractivity contribution in [1.29, 1.82) is 5.26 Å². The topological polar surface area (TPSA) is 86.3 Å². The van der Waals surface area contributed by atoms with Crippen LogP contribution in [0.2, 0.25) is 0 Å². The third-order valence-corrected chi connectivity index (χ3v) is 4.78. The first-order valence-electron chi connectivity index (χ1n) is 7.99. The fourth-order valence-corrected chi connectivity index (χ4v) is 3.52. The maximum absolute atomic E-state index is 12.0. The number of carbonyl (C=O) groups is 1. The number of piperazine rings is 1. The molecule has 1 aliphatic heterocycles. The van der Waals surface area contributed by atoms with Crippen LogP contribution in [-0.4, -0.2) is 42.0 Å². The Morgan fingerprint density at radius 2 is 1.92 bits per heavy atom. The highest BCUT2D eigenvalue weighted by Gasteiger charge is 2.29. The Balaban J connectivity index is 1.73. The Kier molecular flexibility index (Phi) is 5.31. The summed E-state index contributed by atoms with van der Waals surface area (Å²) in [6, 6.07) is 14.7. The number of nitriles is 1. The summed E-state index contributed by atoms with van der Waals surface area (Å²) in [5.41, 5.74) is 6.97. The first-order valence-corrected chi connectivity index (χ1v) is 8.79. The summed E-state index contributed by atoms with van der Waals surface area (Å²) in [6.45, 7) is 2.83. The molecule has 3 rings (SSSR count). The van der Waals surface area contributed by atoms with Crippen molar-refractivity contribution in [2.75, 3.05) is 31.1 Å². The van der Waals surface area contributed by atoms with Gasteiger partial charge in [-0.3, -0.25) is 9.69 Å². The molecule has 7 heteroatoms. The normalized spacial score (nSPS) is 16.2. The minimum atomic E-state index is -0.446. The number of primary amides is 1. The monoisotopic (exact) mass is 399 g/mol. The molecule has 1 atom stereocenters. The van der Waals surface area contributed by atoms with Crippen LogP contribution in [0.25, 0.3) is 0 Å². The lowest BCUT2D eigenvalue weighted by Crippen LogP contribution is -2.50. The molecule has 1 aromatic heterocycles. The molecule has 25 heavy (non-hydrogen) atoms. The van der Waals surface area contributed by atoms with Crippen molar-refractivity contribution in [2.24, 2.45) is 5.73 Å². The number of aromatic nitrogens is 1. The van der Waals surface area contributed by atoms with Gasteiger partial charge in [0.1, 0.15) is 23.6 Å². The quantitative estimate of drug-likeness (QED) is 0.849. The summed E-state index contributed by atoms with van der Waals surface area (Å²) in [5, 5.41) is 8.99. The van der Waals surface area contributed by atoms with Crippen LogP contribution in [0.1, 0.15) is 17.3 Å². The predicted molar refractivity (Wildman–Crippen MR) is 98.8 cm³/mol. The number of benzene rings is 1. The molecular weight excluding hydrogens is 382 g/mol. The maximum Gasteiger partial charge on any atom is 0.239 e. The van der Waals surface area contributed by atoms with Gasteiger partial charge >= 0.3 is 0 Å². The van der Waals surface area contributed by atoms with Gasteiger partial charge in [-0.25, -0.2) is 4.98 Å². The Labute approximate surface area is 155 Å². The lowest BCUT2D eigenvalue weighted by molar-refractivity contribution is -0.123. The van der Waals surface area contributed by atoms with Gasteiger partial charge in [0.2, 0.25) is 5.91 Å². The predicted octanol–water partition coefficient (Wildman–Crippen LogP) is 2.06. The molecule has 1 saturated heterocycles. The Morgan fingerprint density at radius 1 is 1.20 bits per heavy atom. The largest absolute Gasteiger partial charge is 0.368 e. The molecule has 2 heterocycles. The molecule has 2 N–H and O–H groups in total. The molecular formula is C18H18BrN5O. The Morgan fingerprint density at radius 3 is 2.56 bits per heavy atom. The number of amides is 1. The van der Waals surface area contributed by atoms with Crippen LogP contribution in [0.5, 0.6) is 0 Å². The van der Waals surface area contributed by atoms with Gasteiger partial charge in [-0.1, -0.05) is 34.1 Å². The minimum Gasteiger partial charge on any atom is -0.368 e. The highest BCUT2D eigenvalue weighted by molar-refractivity contribution is 9.10. The molecule has 6 nitrogen and oxygen atoms in total. The zero-order valence-electron chi connectivity index (χ0n) is 13.6. The average Bonchev–Trinajstić information content (AvgIpc) is 2.62. The van der Waals surface area contributed by atoms with Crippen molar-refractivity contribution in [2.45, 2.75) is 6.04 Å². The third-order valence-electron chi connectivity index (χ3n) is 4.29. The van der Waals surface area contributed by atoms with Gasteiger partial charge in [0.15, 0.2) is 0 Å². The van der Waals surface area contributed by atoms with Crippen LogP contribution >= 0.6 is 15.9 Å². The second-order valence-electron chi connectivity index (χ2n) is 5.88. The summed E-state index contributed by atoms with van der Waals surface area (Å²) >= 11 is 3.44. The van der Waals surface area contributed by atoms with Crippen LogP contribution < -0.4 is 10.6 Å². The molecule has 128 valence electrons. The highest BCUT2D eigenvalue weighted by Crippen LogP contribution is 2.25. The molecule has 2 aromatic rings. The second-order valence-corrected chi connectivity index (χ2v) is 6.79. The molecule has 1 aliphatic rings. The zero-order chi connectivity index (χ0) is 17.8. The van der Waals surface area contributed by atoms with Gasteiger partial charge in [-0.05, 0) is 29.8 Å². The second kappa shape index (κ2) is 7.64. The van der Waals surface area contributed by atoms with E-state index in [-0.39, 0.29) is 5.91 Å². The Hall–Kier alpha value is -2.43. The van der Waals surface area contributed by atoms with Gasteiger partial charge < -0.3 is 10.6 Å². The van der Waals surface area contributed by atoms with Crippen LogP contribution in [0.4, 0.5) is 5.82 Å². The molecule has 0 aliphatic carbocycles. The molecule has 0 bridgehead atoms. The van der Waals surface area contributed by atoms with Crippen molar-refractivity contribution < 1.29 is 4.79 Å². The maximum atomic E-state index is 12.0. The summed E-state index contributed by atoms with van der Waals surface area (Å²) in [6.07, 6.45) is 0. The number of carbonyl (C=O) groups excluding carboxylic acids is 1. The summed E-state index contributed by atoms with van der Waals surface area (Å²) in [5.74, 6) is 0.438. The molecule has 1 fully saturated rings. The van der Waals surface area contributed by atoms with Crippen molar-refractivity contribution in [3.05, 3.63) is 58.2 Å². The molecule has 1 amide bonds. The van der Waals surface area contributed by atoms with Crippen molar-refractivity contribution in [3.8, 4) is 6.07 Å². The molecule has 0 radical (unpaired) electrons. The lowest BCUT2D eigenvalue weighted by Gasteiger charge is -2.38. The number of rotatable bonds is 4. The van der Waals surface area contributed by atoms with E-state index in [2.05, 4.69) is 36.8 Å². The minimum absolute atomic E-state index is 0.351. The Bertz CT molecular complexity index is 811. The number of halogens is 1. The fraction of sp³-hybridized carbons (Fsp3) is 0.278. The lowest BCUT2D eigenvalue weighted by atomic mass is 10.0. The summed E-state index contributed by atoms with van der Waals surface area (Å²) in [4.78, 5) is 20.6. The van der Waals surface area contributed by atoms with Gasteiger partial charge in [0.05, 0.1) is 0 Å². The SMILES string of the molecule is N#Cc1cccc(N2CCN(C(C(N)=O)c3cccc(Br)c3)CC2)n1. The van der Waals surface area contributed by atoms with E-state index in [1.807, 2.05) is 36.4 Å². The van der Waals surface area contributed by atoms with Crippen LogP contribution in [0.3, 0.4) is 0 Å². The standard InChI is InChI=1S/C18H18BrN5O/c19-14-4-1-3-13(11-14)17(18(21)25)24-9-7-23(8-10-24)16-6-2-5-15(12-20)22-16/h1-6,11,17H,7-10H2,(H2,21,25). The summed E-state index contributed by atoms with van der Waals surface area (Å²) < 4.78 is 0.924. The smallest absolute Gasteiger partial charge is 0.239 e.